The highest BCUT2D eigenvalue weighted by atomic mass is 31.2. The minimum absolute atomic E-state index is 0.0490. The number of amides is 2. The maximum absolute atomic E-state index is 13.0. The predicted octanol–water partition coefficient (Wildman–Crippen LogP) is 4.58. The Morgan fingerprint density at radius 3 is 1.86 bits per heavy atom. The van der Waals surface area contributed by atoms with Crippen LogP contribution in [0, 0.1) is 17.7 Å². The van der Waals surface area contributed by atoms with Crippen LogP contribution in [0.15, 0.2) is 24.3 Å². The largest absolute Gasteiger partial charge is 0.481 e. The quantitative estimate of drug-likeness (QED) is 0.0290. The highest BCUT2D eigenvalue weighted by Gasteiger charge is 2.31. The molecule has 0 aromatic heterocycles. The van der Waals surface area contributed by atoms with E-state index in [4.69, 9.17) is 9.63 Å². The van der Waals surface area contributed by atoms with E-state index in [1.165, 1.54) is 24.3 Å². The van der Waals surface area contributed by atoms with Gasteiger partial charge in [-0.1, -0.05) is 19.3 Å². The van der Waals surface area contributed by atoms with Crippen LogP contribution in [0.3, 0.4) is 0 Å². The Balaban J connectivity index is 2.26. The summed E-state index contributed by atoms with van der Waals surface area (Å²) in [6, 6.07) is 3.96. The van der Waals surface area contributed by atoms with Crippen LogP contribution in [0.4, 0.5) is 4.39 Å². The van der Waals surface area contributed by atoms with Crippen molar-refractivity contribution < 1.29 is 77.2 Å². The van der Waals surface area contributed by atoms with Gasteiger partial charge in [0.05, 0.1) is 24.6 Å². The van der Waals surface area contributed by atoms with Gasteiger partial charge in [0.1, 0.15) is 17.6 Å². The Morgan fingerprint density at radius 2 is 1.25 bits per heavy atom. The van der Waals surface area contributed by atoms with Crippen molar-refractivity contribution >= 4 is 54.9 Å². The van der Waals surface area contributed by atoms with E-state index in [9.17, 15) is 67.5 Å². The van der Waals surface area contributed by atoms with Gasteiger partial charge in [0.2, 0.25) is 11.8 Å². The molecule has 0 fully saturated rings. The number of unbranched alkanes of at least 4 members (excludes halogenated alkanes) is 5. The van der Waals surface area contributed by atoms with E-state index in [2.05, 4.69) is 10.6 Å². The van der Waals surface area contributed by atoms with Crippen molar-refractivity contribution in [3.8, 4) is 0 Å². The van der Waals surface area contributed by atoms with Crippen LogP contribution in [-0.4, -0.2) is 97.9 Å². The maximum atomic E-state index is 13.0. The van der Waals surface area contributed by atoms with Crippen LogP contribution in [-0.2, 0) is 42.7 Å². The molecule has 0 heterocycles. The number of hydrogen-bond donors (Lipinski definition) is 7. The summed E-state index contributed by atoms with van der Waals surface area (Å²) in [5, 5.41) is 42.0. The molecule has 4 atom stereocenters. The molecule has 56 heavy (non-hydrogen) atoms. The van der Waals surface area contributed by atoms with Crippen molar-refractivity contribution in [3.63, 3.8) is 0 Å². The molecule has 0 aliphatic rings. The molecule has 17 nitrogen and oxygen atoms in total. The van der Waals surface area contributed by atoms with Gasteiger partial charge in [-0.2, -0.15) is 0 Å². The standard InChI is InChI=1S/C37H54FN2O15P/c38-28-17-13-25(14-18-28)31(42)11-5-1-2-6-12-32(43)39-21-7-3-4-9-29(41)23-26(35(47)48)15-19-33(44)40-30(37(51)52)10-8-22-55-56(53,54)24-27(36(49)50)16-20-34(45)46/h13-14,17-18,26-27,30H,1-12,15-16,19-24H2,(H,39,43)(H,40,44)(H,45,46)(H,47,48)(H,49,50)(H,51,52)(H,53,54)/t26-,27-,30+/m1/s1/i38-1. The third-order valence-corrected chi connectivity index (χ3v) is 10.3. The van der Waals surface area contributed by atoms with E-state index in [0.29, 0.717) is 57.1 Å². The van der Waals surface area contributed by atoms with E-state index in [1.807, 2.05) is 0 Å². The zero-order chi connectivity index (χ0) is 42.1. The molecule has 7 N–H and O–H groups in total. The van der Waals surface area contributed by atoms with Crippen molar-refractivity contribution in [3.05, 3.63) is 35.6 Å². The first-order valence-corrected chi connectivity index (χ1v) is 20.4. The number of Topliss-reactive ketones (excluding diaryl/α,β-unsaturated/α-hetero) is 2. The lowest BCUT2D eigenvalue weighted by molar-refractivity contribution is -0.145. The summed E-state index contributed by atoms with van der Waals surface area (Å²) in [6.07, 6.45) is 2.31. The van der Waals surface area contributed by atoms with Gasteiger partial charge >= 0.3 is 31.5 Å². The molecule has 19 heteroatoms. The lowest BCUT2D eigenvalue weighted by atomic mass is 9.94. The minimum atomic E-state index is -4.47. The van der Waals surface area contributed by atoms with Crippen LogP contribution in [0.2, 0.25) is 0 Å². The first kappa shape index (κ1) is 49.5. The highest BCUT2D eigenvalue weighted by Crippen LogP contribution is 2.44. The summed E-state index contributed by atoms with van der Waals surface area (Å²) < 4.78 is 30.1. The van der Waals surface area contributed by atoms with Crippen molar-refractivity contribution in [2.75, 3.05) is 19.3 Å². The predicted molar refractivity (Wildman–Crippen MR) is 197 cm³/mol. The Bertz CT molecular complexity index is 1520. The lowest BCUT2D eigenvalue weighted by Gasteiger charge is -2.18. The number of halogens is 1. The molecule has 0 saturated carbocycles. The van der Waals surface area contributed by atoms with Crippen molar-refractivity contribution in [2.45, 2.75) is 115 Å². The molecule has 314 valence electrons. The molecule has 0 spiro atoms. The summed E-state index contributed by atoms with van der Waals surface area (Å²) in [4.78, 5) is 104. The van der Waals surface area contributed by atoms with Gasteiger partial charge < -0.3 is 40.5 Å². The van der Waals surface area contributed by atoms with E-state index < -0.39 is 86.7 Å². The summed E-state index contributed by atoms with van der Waals surface area (Å²) >= 11 is 0. The number of hydrogen-bond acceptors (Lipinski definition) is 10. The first-order chi connectivity index (χ1) is 26.4. The molecule has 0 saturated heterocycles. The van der Waals surface area contributed by atoms with Gasteiger partial charge in [0, 0.05) is 50.6 Å². The SMILES string of the molecule is O=C(O)CC[C@H](CP(=O)(O)OCCC[C@H](NC(=O)CC[C@H](CC(=O)CCCCCNC(=O)CCCCCCC(=O)c1ccc([18F])cc1)C(=O)O)C(=O)O)C(=O)O. The summed E-state index contributed by atoms with van der Waals surface area (Å²) in [7, 11) is -4.47. The van der Waals surface area contributed by atoms with Crippen LogP contribution in [0.25, 0.3) is 0 Å². The number of benzene rings is 1. The molecule has 1 unspecified atom stereocenters. The van der Waals surface area contributed by atoms with Crippen molar-refractivity contribution in [2.24, 2.45) is 11.8 Å². The average Bonchev–Trinajstić information content (AvgIpc) is 3.12. The number of rotatable bonds is 33. The molecule has 0 aliphatic carbocycles. The second kappa shape index (κ2) is 27.1. The molecular weight excluding hydrogens is 761 g/mol. The second-order valence-electron chi connectivity index (χ2n) is 13.5. The molecule has 2 amide bonds. The monoisotopic (exact) mass is 815 g/mol. The topological polar surface area (TPSA) is 288 Å². The number of ketones is 2. The zero-order valence-electron chi connectivity index (χ0n) is 31.3. The fourth-order valence-corrected chi connectivity index (χ4v) is 7.00. The molecule has 1 aromatic rings. The molecule has 0 bridgehead atoms. The van der Waals surface area contributed by atoms with E-state index >= 15 is 0 Å². The number of aliphatic carboxylic acids is 4. The normalized spacial score (nSPS) is 13.8. The number of carbonyl (C=O) groups excluding carboxylic acids is 4. The third-order valence-electron chi connectivity index (χ3n) is 8.79. The molecule has 1 aromatic carbocycles. The molecule has 0 aliphatic heterocycles. The Kier molecular flexibility index (Phi) is 24.0. The van der Waals surface area contributed by atoms with E-state index in [1.54, 1.807) is 0 Å². The summed E-state index contributed by atoms with van der Waals surface area (Å²) in [5.74, 6) is -9.76. The summed E-state index contributed by atoms with van der Waals surface area (Å²) in [5.41, 5.74) is 0.473. The highest BCUT2D eigenvalue weighted by molar-refractivity contribution is 7.52. The Labute approximate surface area is 324 Å². The fourth-order valence-electron chi connectivity index (χ4n) is 5.58. The van der Waals surface area contributed by atoms with Gasteiger partial charge in [-0.15, -0.1) is 0 Å². The third kappa shape index (κ3) is 23.4. The first-order valence-electron chi connectivity index (χ1n) is 18.6. The zero-order valence-corrected chi connectivity index (χ0v) is 32.2. The fraction of sp³-hybridized carbons (Fsp3) is 0.622. The molecule has 1 rings (SSSR count). The van der Waals surface area contributed by atoms with Gasteiger partial charge in [0.25, 0.3) is 0 Å². The van der Waals surface area contributed by atoms with E-state index in [-0.39, 0.29) is 56.0 Å². The molecular formula is C37H54FN2O15P. The average molecular weight is 816 g/mol. The number of carbonyl (C=O) groups is 8. The summed E-state index contributed by atoms with van der Waals surface area (Å²) in [6.45, 7) is -0.0479. The van der Waals surface area contributed by atoms with Gasteiger partial charge in [-0.05, 0) is 75.6 Å². The Morgan fingerprint density at radius 1 is 0.661 bits per heavy atom. The number of carboxylic acids is 4. The van der Waals surface area contributed by atoms with Crippen LogP contribution >= 0.6 is 7.60 Å². The second-order valence-corrected chi connectivity index (χ2v) is 15.4. The van der Waals surface area contributed by atoms with Crippen molar-refractivity contribution in [1.82, 2.24) is 10.6 Å². The number of carboxylic acid groups (broad SMARTS) is 4. The minimum Gasteiger partial charge on any atom is -0.481 e. The van der Waals surface area contributed by atoms with Crippen LogP contribution in [0.1, 0.15) is 120 Å². The van der Waals surface area contributed by atoms with Crippen molar-refractivity contribution in [1.29, 1.82) is 0 Å². The molecule has 0 radical (unpaired) electrons. The van der Waals surface area contributed by atoms with E-state index in [0.717, 1.165) is 12.8 Å². The number of nitrogens with one attached hydrogen (secondary N) is 2. The van der Waals surface area contributed by atoms with Gasteiger partial charge in [0.15, 0.2) is 5.78 Å². The lowest BCUT2D eigenvalue weighted by Crippen LogP contribution is -2.41. The van der Waals surface area contributed by atoms with Gasteiger partial charge in [-0.25, -0.2) is 9.18 Å². The smallest absolute Gasteiger partial charge is 0.328 e. The maximum Gasteiger partial charge on any atom is 0.328 e. The Hall–Kier alpha value is -4.54. The van der Waals surface area contributed by atoms with Crippen LogP contribution < -0.4 is 10.6 Å². The van der Waals surface area contributed by atoms with Gasteiger partial charge in [-0.3, -0.25) is 38.1 Å². The van der Waals surface area contributed by atoms with Crippen LogP contribution in [0.5, 0.6) is 0 Å².